The van der Waals surface area contributed by atoms with E-state index in [0.29, 0.717) is 22.5 Å². The highest BCUT2D eigenvalue weighted by Crippen LogP contribution is 2.29. The van der Waals surface area contributed by atoms with E-state index < -0.39 is 0 Å². The summed E-state index contributed by atoms with van der Waals surface area (Å²) in [6, 6.07) is 40.8. The van der Waals surface area contributed by atoms with Gasteiger partial charge in [0.05, 0.1) is 0 Å². The molecule has 0 radical (unpaired) electrons. The Kier molecular flexibility index (Phi) is 5.53. The summed E-state index contributed by atoms with van der Waals surface area (Å²) in [6.45, 7) is 0. The fraction of sp³-hybridized carbons (Fsp3) is 0. The third-order valence-electron chi connectivity index (χ3n) is 5.98. The molecule has 0 atom stereocenters. The first-order chi connectivity index (χ1) is 17.2. The number of hydrogen-bond acceptors (Lipinski definition) is 3. The van der Waals surface area contributed by atoms with Crippen LogP contribution in [0.15, 0.2) is 121 Å². The smallest absolute Gasteiger partial charge is 0.164 e. The lowest BCUT2D eigenvalue weighted by Crippen LogP contribution is -2.00. The first kappa shape index (κ1) is 21.2. The maximum Gasteiger partial charge on any atom is 0.164 e. The van der Waals surface area contributed by atoms with Crippen LogP contribution < -0.4 is 0 Å². The summed E-state index contributed by atoms with van der Waals surface area (Å²) < 4.78 is 0. The summed E-state index contributed by atoms with van der Waals surface area (Å²) in [7, 11) is 0. The van der Waals surface area contributed by atoms with E-state index in [2.05, 4.69) is 66.7 Å². The Morgan fingerprint density at radius 2 is 0.886 bits per heavy atom. The predicted octanol–water partition coefficient (Wildman–Crippen LogP) is 8.35. The van der Waals surface area contributed by atoms with Crippen LogP contribution in [0.2, 0.25) is 5.02 Å². The Hall–Kier alpha value is -4.34. The molecule has 0 N–H and O–H groups in total. The van der Waals surface area contributed by atoms with Crippen LogP contribution >= 0.6 is 11.6 Å². The van der Waals surface area contributed by atoms with Crippen molar-refractivity contribution in [1.29, 1.82) is 0 Å². The van der Waals surface area contributed by atoms with E-state index in [9.17, 15) is 0 Å². The van der Waals surface area contributed by atoms with E-state index in [-0.39, 0.29) is 0 Å². The highest BCUT2D eigenvalue weighted by molar-refractivity contribution is 6.30. The molecule has 166 valence electrons. The lowest BCUT2D eigenvalue weighted by Gasteiger charge is -2.10. The normalized spacial score (nSPS) is 11.0. The maximum atomic E-state index is 6.28. The molecule has 0 saturated carbocycles. The first-order valence-electron chi connectivity index (χ1n) is 11.4. The molecule has 1 aromatic heterocycles. The summed E-state index contributed by atoms with van der Waals surface area (Å²) in [5, 5.41) is 2.96. The van der Waals surface area contributed by atoms with Gasteiger partial charge in [-0.1, -0.05) is 115 Å². The number of benzene rings is 5. The van der Waals surface area contributed by atoms with E-state index in [1.54, 1.807) is 0 Å². The van der Waals surface area contributed by atoms with E-state index in [1.165, 1.54) is 10.9 Å². The van der Waals surface area contributed by atoms with Gasteiger partial charge in [0.25, 0.3) is 0 Å². The van der Waals surface area contributed by atoms with Crippen LogP contribution in [-0.2, 0) is 0 Å². The fourth-order valence-electron chi connectivity index (χ4n) is 4.16. The Balaban J connectivity index is 1.48. The second-order valence-electron chi connectivity index (χ2n) is 8.32. The van der Waals surface area contributed by atoms with Crippen molar-refractivity contribution in [3.63, 3.8) is 0 Å². The molecule has 1 heterocycles. The molecule has 0 aliphatic heterocycles. The zero-order chi connectivity index (χ0) is 23.6. The number of fused-ring (bicyclic) bond motifs is 1. The summed E-state index contributed by atoms with van der Waals surface area (Å²) in [4.78, 5) is 14.5. The van der Waals surface area contributed by atoms with Gasteiger partial charge in [0.1, 0.15) is 0 Å². The fourth-order valence-corrected chi connectivity index (χ4v) is 4.35. The lowest BCUT2D eigenvalue weighted by molar-refractivity contribution is 1.07. The van der Waals surface area contributed by atoms with Gasteiger partial charge in [-0.15, -0.1) is 0 Å². The van der Waals surface area contributed by atoms with E-state index in [4.69, 9.17) is 26.6 Å². The third kappa shape index (κ3) is 4.42. The minimum absolute atomic E-state index is 0.591. The van der Waals surface area contributed by atoms with Crippen LogP contribution in [0.4, 0.5) is 0 Å². The van der Waals surface area contributed by atoms with E-state index >= 15 is 0 Å². The van der Waals surface area contributed by atoms with Gasteiger partial charge < -0.3 is 0 Å². The van der Waals surface area contributed by atoms with Crippen LogP contribution in [0.3, 0.4) is 0 Å². The second kappa shape index (κ2) is 9.13. The highest BCUT2D eigenvalue weighted by Gasteiger charge is 2.13. The van der Waals surface area contributed by atoms with Gasteiger partial charge in [-0.3, -0.25) is 0 Å². The summed E-state index contributed by atoms with van der Waals surface area (Å²) in [5.41, 5.74) is 5.04. The Morgan fingerprint density at radius 1 is 0.371 bits per heavy atom. The predicted molar refractivity (Wildman–Crippen MR) is 144 cm³/mol. The number of hydrogen-bond donors (Lipinski definition) is 0. The van der Waals surface area contributed by atoms with Crippen LogP contribution in [0.25, 0.3) is 56.1 Å². The average molecular weight is 470 g/mol. The molecule has 35 heavy (non-hydrogen) atoms. The molecule has 0 aliphatic rings. The zero-order valence-electron chi connectivity index (χ0n) is 18.8. The van der Waals surface area contributed by atoms with Crippen LogP contribution in [0.1, 0.15) is 0 Å². The molecule has 5 aromatic carbocycles. The molecule has 0 saturated heterocycles. The highest BCUT2D eigenvalue weighted by atomic mass is 35.5. The number of aromatic nitrogens is 3. The Labute approximate surface area is 208 Å². The van der Waals surface area contributed by atoms with Gasteiger partial charge in [-0.2, -0.15) is 0 Å². The molecule has 3 nitrogen and oxygen atoms in total. The Morgan fingerprint density at radius 3 is 1.60 bits per heavy atom. The largest absolute Gasteiger partial charge is 0.208 e. The summed E-state index contributed by atoms with van der Waals surface area (Å²) in [6.07, 6.45) is 0. The van der Waals surface area contributed by atoms with Crippen molar-refractivity contribution in [3.8, 4) is 45.3 Å². The van der Waals surface area contributed by atoms with Gasteiger partial charge in [0.15, 0.2) is 17.5 Å². The molecule has 0 unspecified atom stereocenters. The van der Waals surface area contributed by atoms with Gasteiger partial charge >= 0.3 is 0 Å². The van der Waals surface area contributed by atoms with Crippen molar-refractivity contribution in [2.45, 2.75) is 0 Å². The molecule has 0 amide bonds. The van der Waals surface area contributed by atoms with Crippen molar-refractivity contribution in [2.75, 3.05) is 0 Å². The molecule has 4 heteroatoms. The molecule has 0 spiro atoms. The molecule has 0 fully saturated rings. The molecule has 6 aromatic rings. The minimum atomic E-state index is 0.591. The standard InChI is InChI=1S/C31H20ClN3/c32-28-12-6-11-26(20-28)30-33-29(24-16-13-23(14-17-24)21-7-2-1-3-8-21)34-31(35-30)27-18-15-22-9-4-5-10-25(22)19-27/h1-20H. The topological polar surface area (TPSA) is 38.7 Å². The second-order valence-corrected chi connectivity index (χ2v) is 8.76. The van der Waals surface area contributed by atoms with E-state index in [0.717, 1.165) is 27.6 Å². The number of rotatable bonds is 4. The zero-order valence-corrected chi connectivity index (χ0v) is 19.5. The van der Waals surface area contributed by atoms with Crippen LogP contribution in [0, 0.1) is 0 Å². The molecule has 0 aliphatic carbocycles. The van der Waals surface area contributed by atoms with Crippen molar-refractivity contribution >= 4 is 22.4 Å². The van der Waals surface area contributed by atoms with Gasteiger partial charge in [0.2, 0.25) is 0 Å². The van der Waals surface area contributed by atoms with Crippen molar-refractivity contribution in [2.24, 2.45) is 0 Å². The molecular formula is C31H20ClN3. The number of halogens is 1. The van der Waals surface area contributed by atoms with Crippen molar-refractivity contribution in [1.82, 2.24) is 15.0 Å². The monoisotopic (exact) mass is 469 g/mol. The van der Waals surface area contributed by atoms with Crippen molar-refractivity contribution < 1.29 is 0 Å². The molecule has 0 bridgehead atoms. The quantitative estimate of drug-likeness (QED) is 0.260. The van der Waals surface area contributed by atoms with Crippen molar-refractivity contribution in [3.05, 3.63) is 126 Å². The first-order valence-corrected chi connectivity index (χ1v) is 11.8. The average Bonchev–Trinajstić information content (AvgIpc) is 2.93. The molecular weight excluding hydrogens is 450 g/mol. The maximum absolute atomic E-state index is 6.28. The number of nitrogens with zero attached hydrogens (tertiary/aromatic N) is 3. The van der Waals surface area contributed by atoms with Gasteiger partial charge in [-0.05, 0) is 40.1 Å². The lowest BCUT2D eigenvalue weighted by atomic mass is 10.0. The van der Waals surface area contributed by atoms with Gasteiger partial charge in [-0.25, -0.2) is 15.0 Å². The summed E-state index contributed by atoms with van der Waals surface area (Å²) in [5.74, 6) is 1.84. The van der Waals surface area contributed by atoms with Crippen LogP contribution in [-0.4, -0.2) is 15.0 Å². The van der Waals surface area contributed by atoms with Crippen LogP contribution in [0.5, 0.6) is 0 Å². The van der Waals surface area contributed by atoms with Gasteiger partial charge in [0, 0.05) is 21.7 Å². The molecule has 6 rings (SSSR count). The minimum Gasteiger partial charge on any atom is -0.208 e. The van der Waals surface area contributed by atoms with E-state index in [1.807, 2.05) is 54.6 Å². The summed E-state index contributed by atoms with van der Waals surface area (Å²) >= 11 is 6.28. The SMILES string of the molecule is Clc1cccc(-c2nc(-c3ccc(-c4ccccc4)cc3)nc(-c3ccc4ccccc4c3)n2)c1. The Bertz CT molecular complexity index is 1640. The third-order valence-corrected chi connectivity index (χ3v) is 6.21.